The van der Waals surface area contributed by atoms with Gasteiger partial charge in [-0.05, 0) is 24.7 Å². The molecule has 0 bridgehead atoms. The summed E-state index contributed by atoms with van der Waals surface area (Å²) in [7, 11) is 1.20. The number of unbranched alkanes of at least 4 members (excludes halogenated alkanes) is 10. The number of allylic oxidation sites excluding steroid dienone is 1. The lowest BCUT2D eigenvalue weighted by Crippen LogP contribution is -2.55. The Morgan fingerprint density at radius 2 is 1.50 bits per heavy atom. The molecule has 6 atom stereocenters. The Morgan fingerprint density at radius 1 is 0.929 bits per heavy atom. The minimum absolute atomic E-state index is 0.0386. The van der Waals surface area contributed by atoms with Gasteiger partial charge in [0.1, 0.15) is 24.4 Å². The summed E-state index contributed by atoms with van der Waals surface area (Å²) in [5, 5.41) is 39.5. The van der Waals surface area contributed by atoms with Crippen molar-refractivity contribution in [3.8, 4) is 0 Å². The highest BCUT2D eigenvalue weighted by molar-refractivity contribution is 5.90. The van der Waals surface area contributed by atoms with Crippen molar-refractivity contribution in [3.05, 3.63) is 12.2 Å². The maximum atomic E-state index is 12.9. The van der Waals surface area contributed by atoms with E-state index in [0.29, 0.717) is 12.8 Å². The Bertz CT molecular complexity index is 814. The zero-order valence-corrected chi connectivity index (χ0v) is 26.7. The van der Waals surface area contributed by atoms with Gasteiger partial charge in [0, 0.05) is 26.1 Å². The minimum Gasteiger partial charge on any atom is -0.387 e. The summed E-state index contributed by atoms with van der Waals surface area (Å²) < 4.78 is 5.12. The predicted octanol–water partition coefficient (Wildman–Crippen LogP) is 3.27. The van der Waals surface area contributed by atoms with Crippen LogP contribution in [0.25, 0.3) is 0 Å². The van der Waals surface area contributed by atoms with Crippen molar-refractivity contribution in [2.75, 3.05) is 13.7 Å². The van der Waals surface area contributed by atoms with Gasteiger partial charge < -0.3 is 36.0 Å². The molecule has 1 aliphatic rings. The quantitative estimate of drug-likeness (QED) is 0.0929. The van der Waals surface area contributed by atoms with E-state index in [4.69, 9.17) is 4.74 Å². The molecule has 0 aromatic heterocycles. The molecule has 1 heterocycles. The van der Waals surface area contributed by atoms with Gasteiger partial charge in [-0.2, -0.15) is 0 Å². The van der Waals surface area contributed by atoms with Crippen LogP contribution in [0.4, 0.5) is 0 Å². The van der Waals surface area contributed by atoms with E-state index in [1.54, 1.807) is 6.08 Å². The molecular weight excluding hydrogens is 538 g/mol. The monoisotopic (exact) mass is 597 g/mol. The van der Waals surface area contributed by atoms with Crippen LogP contribution in [-0.4, -0.2) is 83.2 Å². The van der Waals surface area contributed by atoms with Gasteiger partial charge in [0.15, 0.2) is 6.10 Å². The van der Waals surface area contributed by atoms with Crippen LogP contribution < -0.4 is 16.0 Å². The molecule has 0 aromatic carbocycles. The maximum Gasteiger partial charge on any atom is 0.252 e. The molecule has 0 spiro atoms. The number of amides is 3. The van der Waals surface area contributed by atoms with Crippen molar-refractivity contribution in [3.63, 3.8) is 0 Å². The Balaban J connectivity index is 2.41. The molecule has 0 aliphatic carbocycles. The topological polar surface area (TPSA) is 157 Å². The van der Waals surface area contributed by atoms with Crippen molar-refractivity contribution in [2.24, 2.45) is 5.41 Å². The summed E-state index contributed by atoms with van der Waals surface area (Å²) in [4.78, 5) is 38.0. The van der Waals surface area contributed by atoms with E-state index in [1.165, 1.54) is 64.6 Å². The fourth-order valence-electron chi connectivity index (χ4n) is 5.00. The summed E-state index contributed by atoms with van der Waals surface area (Å²) in [6.45, 7) is 8.24. The third kappa shape index (κ3) is 16.0. The highest BCUT2D eigenvalue weighted by Crippen LogP contribution is 2.17. The van der Waals surface area contributed by atoms with E-state index in [0.717, 1.165) is 19.3 Å². The number of rotatable bonds is 20. The molecule has 1 fully saturated rings. The third-order valence-electron chi connectivity index (χ3n) is 7.65. The second kappa shape index (κ2) is 20.8. The Morgan fingerprint density at radius 3 is 2.05 bits per heavy atom. The predicted molar refractivity (Wildman–Crippen MR) is 165 cm³/mol. The van der Waals surface area contributed by atoms with Crippen molar-refractivity contribution in [1.29, 1.82) is 0 Å². The second-order valence-electron chi connectivity index (χ2n) is 12.8. The summed E-state index contributed by atoms with van der Waals surface area (Å²) in [6, 6.07) is -1.13. The molecular formula is C32H59N3O7. The zero-order valence-electron chi connectivity index (χ0n) is 26.7. The van der Waals surface area contributed by atoms with Crippen LogP contribution in [0.2, 0.25) is 0 Å². The van der Waals surface area contributed by atoms with Gasteiger partial charge in [0.05, 0.1) is 0 Å². The third-order valence-corrected chi connectivity index (χ3v) is 7.65. The second-order valence-corrected chi connectivity index (χ2v) is 12.8. The van der Waals surface area contributed by atoms with Crippen molar-refractivity contribution >= 4 is 17.7 Å². The number of carbonyl (C=O) groups is 3. The van der Waals surface area contributed by atoms with Crippen LogP contribution in [-0.2, 0) is 19.1 Å². The largest absolute Gasteiger partial charge is 0.387 e. The number of ether oxygens (including phenoxy) is 1. The molecule has 10 heteroatoms. The van der Waals surface area contributed by atoms with Crippen LogP contribution in [0, 0.1) is 5.41 Å². The van der Waals surface area contributed by atoms with Crippen LogP contribution in [0.15, 0.2) is 12.2 Å². The van der Waals surface area contributed by atoms with Crippen LogP contribution in [0.3, 0.4) is 0 Å². The molecule has 0 radical (unpaired) electrons. The van der Waals surface area contributed by atoms with Crippen LogP contribution >= 0.6 is 0 Å². The standard InChI is InChI=1S/C32H59N3O7/c1-6-7-8-9-10-11-12-13-14-15-16-17-26(37)34-23-18-19-24(30(40)33-22-23)35-31(41)29(42-5)28(39)27(38)25(36)20-21-32(2,3)4/h20-21,23-25,27-29,36,38-39H,6-19,22H2,1-5H3,(H,33,40)(H,34,37)(H,35,41)/t23-,24-,25+,27-,28+,29+/m0/s1. The van der Waals surface area contributed by atoms with E-state index >= 15 is 0 Å². The van der Waals surface area contributed by atoms with E-state index in [2.05, 4.69) is 22.9 Å². The van der Waals surface area contributed by atoms with Crippen LogP contribution in [0.1, 0.15) is 118 Å². The molecule has 0 saturated carbocycles. The first-order valence-corrected chi connectivity index (χ1v) is 16.0. The van der Waals surface area contributed by atoms with E-state index < -0.39 is 42.3 Å². The lowest BCUT2D eigenvalue weighted by atomic mass is 9.94. The minimum atomic E-state index is -1.73. The van der Waals surface area contributed by atoms with Crippen molar-refractivity contribution in [2.45, 2.75) is 154 Å². The number of hydrogen-bond acceptors (Lipinski definition) is 7. The molecule has 1 aliphatic heterocycles. The van der Waals surface area contributed by atoms with Gasteiger partial charge in [-0.15, -0.1) is 0 Å². The first kappa shape index (κ1) is 38.0. The fraction of sp³-hybridized carbons (Fsp3) is 0.844. The Kier molecular flexibility index (Phi) is 18.8. The lowest BCUT2D eigenvalue weighted by molar-refractivity contribution is -0.150. The highest BCUT2D eigenvalue weighted by Gasteiger charge is 2.37. The van der Waals surface area contributed by atoms with Gasteiger partial charge in [-0.1, -0.05) is 104 Å². The number of aliphatic hydroxyl groups is 3. The smallest absolute Gasteiger partial charge is 0.252 e. The molecule has 1 saturated heterocycles. The molecule has 1 rings (SSSR count). The van der Waals surface area contributed by atoms with Gasteiger partial charge in [-0.3, -0.25) is 14.4 Å². The van der Waals surface area contributed by atoms with Gasteiger partial charge in [0.25, 0.3) is 5.91 Å². The SMILES string of the molecule is CCCCCCCCCCCCCC(=O)N[C@H]1CC[C@H](NC(=O)[C@H](OC)[C@H](O)[C@@H](O)[C@H](O)C=CC(C)(C)C)C(=O)NC1. The number of aliphatic hydroxyl groups excluding tert-OH is 3. The number of nitrogens with one attached hydrogen (secondary N) is 3. The highest BCUT2D eigenvalue weighted by atomic mass is 16.5. The van der Waals surface area contributed by atoms with E-state index in [1.807, 2.05) is 20.8 Å². The summed E-state index contributed by atoms with van der Waals surface area (Å²) >= 11 is 0. The molecule has 42 heavy (non-hydrogen) atoms. The lowest BCUT2D eigenvalue weighted by Gasteiger charge is -2.28. The Hall–Kier alpha value is -2.01. The fourth-order valence-corrected chi connectivity index (χ4v) is 5.00. The van der Waals surface area contributed by atoms with Gasteiger partial charge >= 0.3 is 0 Å². The number of carbonyl (C=O) groups excluding carboxylic acids is 3. The molecule has 10 nitrogen and oxygen atoms in total. The van der Waals surface area contributed by atoms with E-state index in [9.17, 15) is 29.7 Å². The molecule has 3 amide bonds. The normalized spacial score (nSPS) is 20.8. The van der Waals surface area contributed by atoms with Crippen molar-refractivity contribution < 1.29 is 34.4 Å². The first-order valence-electron chi connectivity index (χ1n) is 16.0. The number of hydrogen-bond donors (Lipinski definition) is 6. The summed E-state index contributed by atoms with van der Waals surface area (Å²) in [5.41, 5.74) is -0.249. The molecule has 0 unspecified atom stereocenters. The molecule has 0 aromatic rings. The van der Waals surface area contributed by atoms with Gasteiger partial charge in [-0.25, -0.2) is 0 Å². The van der Waals surface area contributed by atoms with Crippen LogP contribution in [0.5, 0.6) is 0 Å². The Labute approximate surface area is 253 Å². The summed E-state index contributed by atoms with van der Waals surface area (Å²) in [6.07, 6.45) is 11.3. The molecule has 6 N–H and O–H groups in total. The number of methoxy groups -OCH3 is 1. The van der Waals surface area contributed by atoms with E-state index in [-0.39, 0.29) is 30.3 Å². The first-order chi connectivity index (χ1) is 19.9. The average molecular weight is 598 g/mol. The van der Waals surface area contributed by atoms with Gasteiger partial charge in [0.2, 0.25) is 11.8 Å². The maximum absolute atomic E-state index is 12.9. The summed E-state index contributed by atoms with van der Waals surface area (Å²) in [5.74, 6) is -1.22. The average Bonchev–Trinajstić information content (AvgIpc) is 3.10. The van der Waals surface area contributed by atoms with Crippen molar-refractivity contribution in [1.82, 2.24) is 16.0 Å². The zero-order chi connectivity index (χ0) is 31.5. The molecule has 244 valence electrons.